The summed E-state index contributed by atoms with van der Waals surface area (Å²) in [5, 5.41) is 11.4. The first-order chi connectivity index (χ1) is 9.68. The van der Waals surface area contributed by atoms with Crippen LogP contribution in [0.5, 0.6) is 0 Å². The topological polar surface area (TPSA) is 111 Å². The number of amides is 1. The van der Waals surface area contributed by atoms with Gasteiger partial charge in [0.1, 0.15) is 5.54 Å². The lowest BCUT2D eigenvalue weighted by atomic mass is 9.54. The van der Waals surface area contributed by atoms with Gasteiger partial charge in [-0.2, -0.15) is 0 Å². The summed E-state index contributed by atoms with van der Waals surface area (Å²) in [6, 6.07) is 0. The van der Waals surface area contributed by atoms with Gasteiger partial charge in [0.2, 0.25) is 5.91 Å². The maximum Gasteiger partial charge on any atom is 0.306 e. The van der Waals surface area contributed by atoms with Crippen LogP contribution in [0.15, 0.2) is 0 Å². The molecule has 1 fully saturated rings. The SMILES string of the molecule is CCOC1CC(N)(C(=O)NCC(CC(=O)O)OC)C1(C)C. The number of carbonyl (C=O) groups excluding carboxylic acids is 1. The maximum atomic E-state index is 12.3. The van der Waals surface area contributed by atoms with Crippen molar-refractivity contribution in [3.63, 3.8) is 0 Å². The number of hydrogen-bond donors (Lipinski definition) is 3. The third-order valence-corrected chi connectivity index (χ3v) is 4.46. The highest BCUT2D eigenvalue weighted by molar-refractivity contribution is 5.88. The molecule has 0 saturated heterocycles. The van der Waals surface area contributed by atoms with Crippen LogP contribution in [0, 0.1) is 5.41 Å². The van der Waals surface area contributed by atoms with Gasteiger partial charge in [0.05, 0.1) is 18.6 Å². The Morgan fingerprint density at radius 2 is 2.10 bits per heavy atom. The first kappa shape index (κ1) is 17.9. The summed E-state index contributed by atoms with van der Waals surface area (Å²) >= 11 is 0. The molecule has 1 saturated carbocycles. The molecule has 1 rings (SSSR count). The molecule has 7 nitrogen and oxygen atoms in total. The van der Waals surface area contributed by atoms with Crippen molar-refractivity contribution < 1.29 is 24.2 Å². The average molecular weight is 302 g/mol. The molecule has 3 atom stereocenters. The predicted molar refractivity (Wildman–Crippen MR) is 76.8 cm³/mol. The molecule has 21 heavy (non-hydrogen) atoms. The van der Waals surface area contributed by atoms with E-state index in [2.05, 4.69) is 5.32 Å². The van der Waals surface area contributed by atoms with Gasteiger partial charge in [-0.3, -0.25) is 9.59 Å². The van der Waals surface area contributed by atoms with Gasteiger partial charge in [0.15, 0.2) is 0 Å². The molecule has 0 bridgehead atoms. The highest BCUT2D eigenvalue weighted by atomic mass is 16.5. The van der Waals surface area contributed by atoms with Gasteiger partial charge in [-0.05, 0) is 6.92 Å². The van der Waals surface area contributed by atoms with E-state index in [-0.39, 0.29) is 25.0 Å². The van der Waals surface area contributed by atoms with E-state index >= 15 is 0 Å². The molecular formula is C14H26N2O5. The van der Waals surface area contributed by atoms with Crippen molar-refractivity contribution in [1.82, 2.24) is 5.32 Å². The van der Waals surface area contributed by atoms with Crippen molar-refractivity contribution in [2.24, 2.45) is 11.1 Å². The molecule has 1 aliphatic carbocycles. The fourth-order valence-corrected chi connectivity index (χ4v) is 2.62. The smallest absolute Gasteiger partial charge is 0.306 e. The third kappa shape index (κ3) is 3.53. The summed E-state index contributed by atoms with van der Waals surface area (Å²) in [4.78, 5) is 23.0. The van der Waals surface area contributed by atoms with Crippen molar-refractivity contribution in [3.05, 3.63) is 0 Å². The molecule has 0 aliphatic heterocycles. The van der Waals surface area contributed by atoms with Crippen molar-refractivity contribution in [1.29, 1.82) is 0 Å². The van der Waals surface area contributed by atoms with E-state index in [9.17, 15) is 9.59 Å². The van der Waals surface area contributed by atoms with Gasteiger partial charge in [-0.15, -0.1) is 0 Å². The van der Waals surface area contributed by atoms with Crippen molar-refractivity contribution in [2.75, 3.05) is 20.3 Å². The summed E-state index contributed by atoms with van der Waals surface area (Å²) in [7, 11) is 1.41. The van der Waals surface area contributed by atoms with Gasteiger partial charge < -0.3 is 25.6 Å². The van der Waals surface area contributed by atoms with E-state index in [1.807, 2.05) is 20.8 Å². The van der Waals surface area contributed by atoms with Crippen LogP contribution in [0.25, 0.3) is 0 Å². The molecule has 0 heterocycles. The molecule has 0 aromatic carbocycles. The number of ether oxygens (including phenoxy) is 2. The molecule has 1 aliphatic rings. The number of carboxylic acids is 1. The lowest BCUT2D eigenvalue weighted by molar-refractivity contribution is -0.171. The van der Waals surface area contributed by atoms with Crippen LogP contribution in [-0.4, -0.2) is 55.0 Å². The monoisotopic (exact) mass is 302 g/mol. The summed E-state index contributed by atoms with van der Waals surface area (Å²) in [5.41, 5.74) is 4.75. The zero-order valence-corrected chi connectivity index (χ0v) is 13.1. The quantitative estimate of drug-likeness (QED) is 0.587. The summed E-state index contributed by atoms with van der Waals surface area (Å²) < 4.78 is 10.6. The summed E-state index contributed by atoms with van der Waals surface area (Å²) in [5.74, 6) is -1.27. The second-order valence-electron chi connectivity index (χ2n) is 6.01. The van der Waals surface area contributed by atoms with Gasteiger partial charge in [-0.25, -0.2) is 0 Å². The normalized spacial score (nSPS) is 28.5. The first-order valence-electron chi connectivity index (χ1n) is 7.12. The zero-order chi connectivity index (χ0) is 16.3. The van der Waals surface area contributed by atoms with Gasteiger partial charge in [-0.1, -0.05) is 13.8 Å². The molecule has 7 heteroatoms. The number of carboxylic acid groups (broad SMARTS) is 1. The Labute approximate surface area is 125 Å². The van der Waals surface area contributed by atoms with E-state index < -0.39 is 23.0 Å². The third-order valence-electron chi connectivity index (χ3n) is 4.46. The van der Waals surface area contributed by atoms with Gasteiger partial charge >= 0.3 is 5.97 Å². The van der Waals surface area contributed by atoms with Gasteiger partial charge in [0.25, 0.3) is 0 Å². The zero-order valence-electron chi connectivity index (χ0n) is 13.1. The van der Waals surface area contributed by atoms with E-state index in [1.165, 1.54) is 7.11 Å². The van der Waals surface area contributed by atoms with Crippen LogP contribution in [0.1, 0.15) is 33.6 Å². The van der Waals surface area contributed by atoms with Crippen LogP contribution in [0.3, 0.4) is 0 Å². The molecule has 3 unspecified atom stereocenters. The number of hydrogen-bond acceptors (Lipinski definition) is 5. The molecule has 0 radical (unpaired) electrons. The van der Waals surface area contributed by atoms with E-state index in [0.717, 1.165) is 0 Å². The van der Waals surface area contributed by atoms with Crippen LogP contribution in [-0.2, 0) is 19.1 Å². The number of carbonyl (C=O) groups is 2. The standard InChI is InChI=1S/C14H26N2O5/c1-5-21-10-7-14(15,13(10,2)3)12(19)16-8-9(20-4)6-11(17)18/h9-10H,5-8,15H2,1-4H3,(H,16,19)(H,17,18). The Hall–Kier alpha value is -1.18. The Balaban J connectivity index is 2.58. The molecule has 0 aromatic heterocycles. The first-order valence-corrected chi connectivity index (χ1v) is 7.12. The van der Waals surface area contributed by atoms with E-state index in [4.69, 9.17) is 20.3 Å². The maximum absolute atomic E-state index is 12.3. The Morgan fingerprint density at radius 1 is 1.48 bits per heavy atom. The predicted octanol–water partition coefficient (Wildman–Crippen LogP) is 0.125. The Kier molecular flexibility index (Phi) is 5.72. The minimum atomic E-state index is -1.01. The van der Waals surface area contributed by atoms with Crippen LogP contribution in [0.4, 0.5) is 0 Å². The number of methoxy groups -OCH3 is 1. The molecular weight excluding hydrogens is 276 g/mol. The molecule has 122 valence electrons. The second kappa shape index (κ2) is 6.72. The minimum Gasteiger partial charge on any atom is -0.481 e. The number of aliphatic carboxylic acids is 1. The second-order valence-corrected chi connectivity index (χ2v) is 6.01. The van der Waals surface area contributed by atoms with Crippen LogP contribution < -0.4 is 11.1 Å². The molecule has 1 amide bonds. The largest absolute Gasteiger partial charge is 0.481 e. The minimum absolute atomic E-state index is 0.0458. The van der Waals surface area contributed by atoms with Crippen molar-refractivity contribution >= 4 is 11.9 Å². The number of nitrogens with two attached hydrogens (primary N) is 1. The summed E-state index contributed by atoms with van der Waals surface area (Å²) in [6.45, 7) is 6.41. The summed E-state index contributed by atoms with van der Waals surface area (Å²) in [6.07, 6.45) is -0.327. The molecule has 4 N–H and O–H groups in total. The lowest BCUT2D eigenvalue weighted by Gasteiger charge is -2.57. The highest BCUT2D eigenvalue weighted by Crippen LogP contribution is 2.49. The number of nitrogens with one attached hydrogen (secondary N) is 1. The highest BCUT2D eigenvalue weighted by Gasteiger charge is 2.62. The number of rotatable bonds is 8. The van der Waals surface area contributed by atoms with Crippen LogP contribution in [0.2, 0.25) is 0 Å². The fraction of sp³-hybridized carbons (Fsp3) is 0.857. The lowest BCUT2D eigenvalue weighted by Crippen LogP contribution is -2.76. The van der Waals surface area contributed by atoms with Crippen molar-refractivity contribution in [3.8, 4) is 0 Å². The van der Waals surface area contributed by atoms with Gasteiger partial charge in [0, 0.05) is 32.1 Å². The van der Waals surface area contributed by atoms with E-state index in [1.54, 1.807) is 0 Å². The average Bonchev–Trinajstić information content (AvgIpc) is 2.42. The fourth-order valence-electron chi connectivity index (χ4n) is 2.62. The van der Waals surface area contributed by atoms with Crippen molar-refractivity contribution in [2.45, 2.75) is 51.4 Å². The van der Waals surface area contributed by atoms with E-state index in [0.29, 0.717) is 13.0 Å². The molecule has 0 aromatic rings. The molecule has 0 spiro atoms. The Bertz CT molecular complexity index is 399. The Morgan fingerprint density at radius 3 is 2.52 bits per heavy atom. The van der Waals surface area contributed by atoms with Crippen LogP contribution >= 0.6 is 0 Å².